The van der Waals surface area contributed by atoms with Crippen molar-refractivity contribution in [3.8, 4) is 0 Å². The maximum Gasteiger partial charge on any atom is 0.414 e. The maximum atomic E-state index is 15.0. The Balaban J connectivity index is 1.23. The number of hydrogen-bond donors (Lipinski definition) is 1. The molecule has 0 radical (unpaired) electrons. The standard InChI is InChI=1S/C24H21ClFN3O3S/c25-22-8-7-21(33-22)23(30)27-12-18-14-29(24(31)32-18)17-5-6-20(19(26)11-17)28-10-9-15-3-1-2-4-16(15)13-28/h1-8,11,18H,9-10,12-14H2,(H,27,30). The average Bonchev–Trinajstić information content (AvgIpc) is 3.42. The zero-order chi connectivity index (χ0) is 22.9. The molecule has 1 atom stereocenters. The molecule has 2 aliphatic heterocycles. The van der Waals surface area contributed by atoms with E-state index in [1.165, 1.54) is 33.4 Å². The van der Waals surface area contributed by atoms with Crippen LogP contribution in [0.15, 0.2) is 54.6 Å². The predicted octanol–water partition coefficient (Wildman–Crippen LogP) is 4.86. The van der Waals surface area contributed by atoms with E-state index < -0.39 is 12.2 Å². The Bertz CT molecular complexity index is 1220. The molecule has 0 aliphatic carbocycles. The van der Waals surface area contributed by atoms with E-state index in [0.717, 1.165) is 13.0 Å². The van der Waals surface area contributed by atoms with E-state index in [0.29, 0.717) is 27.1 Å². The van der Waals surface area contributed by atoms with Gasteiger partial charge in [0.15, 0.2) is 0 Å². The SMILES string of the molecule is O=C(NCC1CN(c2ccc(N3CCc4ccccc4C3)c(F)c2)C(=O)O1)c1ccc(Cl)s1. The Morgan fingerprint density at radius 3 is 2.76 bits per heavy atom. The van der Waals surface area contributed by atoms with Crippen molar-refractivity contribution in [1.29, 1.82) is 0 Å². The van der Waals surface area contributed by atoms with Gasteiger partial charge >= 0.3 is 6.09 Å². The highest BCUT2D eigenvalue weighted by Crippen LogP contribution is 2.31. The number of amides is 2. The topological polar surface area (TPSA) is 61.9 Å². The zero-order valence-electron chi connectivity index (χ0n) is 17.6. The van der Waals surface area contributed by atoms with Crippen molar-refractivity contribution in [2.75, 3.05) is 29.4 Å². The summed E-state index contributed by atoms with van der Waals surface area (Å²) in [7, 11) is 0. The molecule has 33 heavy (non-hydrogen) atoms. The first-order valence-corrected chi connectivity index (χ1v) is 11.8. The molecule has 0 spiro atoms. The number of anilines is 2. The minimum atomic E-state index is -0.563. The lowest BCUT2D eigenvalue weighted by Gasteiger charge is -2.31. The molecule has 3 aromatic rings. The Morgan fingerprint density at radius 1 is 1.18 bits per heavy atom. The second-order valence-corrected chi connectivity index (χ2v) is 9.72. The van der Waals surface area contributed by atoms with Crippen LogP contribution in [0.5, 0.6) is 0 Å². The van der Waals surface area contributed by atoms with Crippen molar-refractivity contribution in [2.24, 2.45) is 0 Å². The minimum Gasteiger partial charge on any atom is -0.442 e. The van der Waals surface area contributed by atoms with Gasteiger partial charge in [0.05, 0.1) is 33.7 Å². The van der Waals surface area contributed by atoms with Gasteiger partial charge in [-0.2, -0.15) is 0 Å². The number of fused-ring (bicyclic) bond motifs is 1. The number of benzene rings is 2. The molecule has 1 N–H and O–H groups in total. The fourth-order valence-electron chi connectivity index (χ4n) is 4.19. The van der Waals surface area contributed by atoms with Crippen LogP contribution in [-0.2, 0) is 17.7 Å². The highest BCUT2D eigenvalue weighted by molar-refractivity contribution is 7.18. The molecule has 9 heteroatoms. The van der Waals surface area contributed by atoms with Crippen LogP contribution in [0.3, 0.4) is 0 Å². The summed E-state index contributed by atoms with van der Waals surface area (Å²) in [5, 5.41) is 2.75. The molecule has 3 heterocycles. The quantitative estimate of drug-likeness (QED) is 0.560. The summed E-state index contributed by atoms with van der Waals surface area (Å²) in [5.41, 5.74) is 3.44. The molecular formula is C24H21ClFN3O3S. The summed E-state index contributed by atoms with van der Waals surface area (Å²) >= 11 is 7.04. The fraction of sp³-hybridized carbons (Fsp3) is 0.250. The molecule has 2 aromatic carbocycles. The van der Waals surface area contributed by atoms with E-state index in [2.05, 4.69) is 17.4 Å². The minimum absolute atomic E-state index is 0.157. The number of hydrogen-bond acceptors (Lipinski definition) is 5. The highest BCUT2D eigenvalue weighted by Gasteiger charge is 2.33. The first kappa shape index (κ1) is 21.7. The number of thiophene rings is 1. The monoisotopic (exact) mass is 485 g/mol. The lowest BCUT2D eigenvalue weighted by molar-refractivity contribution is 0.0920. The Labute approximate surface area is 199 Å². The summed E-state index contributed by atoms with van der Waals surface area (Å²) in [5.74, 6) is -0.661. The molecule has 1 aromatic heterocycles. The molecule has 5 rings (SSSR count). The molecule has 0 saturated carbocycles. The number of rotatable bonds is 5. The Morgan fingerprint density at radius 2 is 2.00 bits per heavy atom. The van der Waals surface area contributed by atoms with Crippen LogP contribution in [0.2, 0.25) is 4.34 Å². The van der Waals surface area contributed by atoms with Crippen LogP contribution in [-0.4, -0.2) is 37.7 Å². The fourth-order valence-corrected chi connectivity index (χ4v) is 5.15. The largest absolute Gasteiger partial charge is 0.442 e. The zero-order valence-corrected chi connectivity index (χ0v) is 19.2. The van der Waals surface area contributed by atoms with Gasteiger partial charge in [0.1, 0.15) is 11.9 Å². The third-order valence-corrected chi connectivity index (χ3v) is 7.11. The van der Waals surface area contributed by atoms with E-state index in [9.17, 15) is 9.59 Å². The van der Waals surface area contributed by atoms with Gasteiger partial charge in [-0.3, -0.25) is 9.69 Å². The van der Waals surface area contributed by atoms with Crippen molar-refractivity contribution in [3.63, 3.8) is 0 Å². The van der Waals surface area contributed by atoms with Crippen molar-refractivity contribution in [2.45, 2.75) is 19.1 Å². The average molecular weight is 486 g/mol. The van der Waals surface area contributed by atoms with Crippen molar-refractivity contribution in [1.82, 2.24) is 5.32 Å². The molecule has 170 valence electrons. The summed E-state index contributed by atoms with van der Waals surface area (Å²) in [6, 6.07) is 16.3. The number of halogens is 2. The van der Waals surface area contributed by atoms with E-state index in [-0.39, 0.29) is 24.8 Å². The van der Waals surface area contributed by atoms with Gasteiger partial charge in [-0.05, 0) is 47.9 Å². The van der Waals surface area contributed by atoms with E-state index in [1.54, 1.807) is 24.3 Å². The van der Waals surface area contributed by atoms with Gasteiger partial charge in [0, 0.05) is 13.1 Å². The predicted molar refractivity (Wildman–Crippen MR) is 127 cm³/mol. The van der Waals surface area contributed by atoms with Crippen LogP contribution in [0.1, 0.15) is 20.8 Å². The first-order chi connectivity index (χ1) is 16.0. The normalized spacial score (nSPS) is 17.6. The summed E-state index contributed by atoms with van der Waals surface area (Å²) in [6.45, 7) is 1.76. The third-order valence-electron chi connectivity index (χ3n) is 5.88. The summed E-state index contributed by atoms with van der Waals surface area (Å²) < 4.78 is 20.9. The molecule has 1 fully saturated rings. The molecule has 2 amide bonds. The van der Waals surface area contributed by atoms with Crippen LogP contribution in [0.25, 0.3) is 0 Å². The van der Waals surface area contributed by atoms with Crippen molar-refractivity contribution in [3.05, 3.63) is 80.8 Å². The van der Waals surface area contributed by atoms with Crippen LogP contribution in [0.4, 0.5) is 20.6 Å². The van der Waals surface area contributed by atoms with Gasteiger partial charge in [-0.1, -0.05) is 35.9 Å². The molecule has 1 saturated heterocycles. The van der Waals surface area contributed by atoms with Gasteiger partial charge in [0.2, 0.25) is 0 Å². The molecule has 6 nitrogen and oxygen atoms in total. The number of ether oxygens (including phenoxy) is 1. The van der Waals surface area contributed by atoms with Gasteiger partial charge in [-0.25, -0.2) is 9.18 Å². The number of nitrogens with one attached hydrogen (secondary N) is 1. The summed E-state index contributed by atoms with van der Waals surface area (Å²) in [6.07, 6.45) is -0.230. The first-order valence-electron chi connectivity index (χ1n) is 10.6. The maximum absolute atomic E-state index is 15.0. The van der Waals surface area contributed by atoms with Crippen molar-refractivity contribution < 1.29 is 18.7 Å². The third kappa shape index (κ3) is 4.54. The van der Waals surface area contributed by atoms with Crippen molar-refractivity contribution >= 4 is 46.3 Å². The van der Waals surface area contributed by atoms with E-state index in [1.807, 2.05) is 17.0 Å². The van der Waals surface area contributed by atoms with Gasteiger partial charge in [0.25, 0.3) is 5.91 Å². The number of cyclic esters (lactones) is 1. The van der Waals surface area contributed by atoms with E-state index >= 15 is 4.39 Å². The second kappa shape index (κ2) is 9.03. The Kier molecular flexibility index (Phi) is 5.95. The highest BCUT2D eigenvalue weighted by atomic mass is 35.5. The molecule has 0 bridgehead atoms. The number of carbonyl (C=O) groups is 2. The molecular weight excluding hydrogens is 465 g/mol. The lowest BCUT2D eigenvalue weighted by Crippen LogP contribution is -2.34. The number of carbonyl (C=O) groups excluding carboxylic acids is 2. The van der Waals surface area contributed by atoms with Crippen LogP contribution in [0, 0.1) is 5.82 Å². The summed E-state index contributed by atoms with van der Waals surface area (Å²) in [4.78, 5) is 28.5. The molecule has 2 aliphatic rings. The molecule has 1 unspecified atom stereocenters. The van der Waals surface area contributed by atoms with Crippen LogP contribution >= 0.6 is 22.9 Å². The van der Waals surface area contributed by atoms with Gasteiger partial charge in [-0.15, -0.1) is 11.3 Å². The van der Waals surface area contributed by atoms with Gasteiger partial charge < -0.3 is 15.0 Å². The van der Waals surface area contributed by atoms with Crippen LogP contribution < -0.4 is 15.1 Å². The van der Waals surface area contributed by atoms with E-state index in [4.69, 9.17) is 16.3 Å². The smallest absolute Gasteiger partial charge is 0.414 e. The number of nitrogens with zero attached hydrogens (tertiary/aromatic N) is 2. The second-order valence-electron chi connectivity index (χ2n) is 8.01. The Hall–Kier alpha value is -3.10. The lowest BCUT2D eigenvalue weighted by atomic mass is 9.99.